The first-order chi connectivity index (χ1) is 8.09. The van der Waals surface area contributed by atoms with Crippen molar-refractivity contribution in [2.24, 2.45) is 0 Å². The quantitative estimate of drug-likeness (QED) is 0.733. The monoisotopic (exact) mass is 344 g/mol. The maximum Gasteiger partial charge on any atom is 0.433 e. The molecule has 2 aromatic heterocycles. The topological polar surface area (TPSA) is 77.2 Å². The molecule has 0 aliphatic heterocycles. The van der Waals surface area contributed by atoms with E-state index in [0.29, 0.717) is 4.52 Å². The van der Waals surface area contributed by atoms with E-state index in [0.717, 1.165) is 6.07 Å². The molecule has 2 rings (SSSR count). The van der Waals surface area contributed by atoms with Crippen molar-refractivity contribution in [2.45, 2.75) is 18.3 Å². The van der Waals surface area contributed by atoms with E-state index in [4.69, 9.17) is 0 Å². The Morgan fingerprint density at radius 2 is 1.94 bits per heavy atom. The highest BCUT2D eigenvalue weighted by Gasteiger charge is 2.35. The molecule has 0 saturated heterocycles. The number of aryl methyl sites for hydroxylation is 1. The summed E-state index contributed by atoms with van der Waals surface area (Å²) >= 11 is 2.28. The molecule has 0 amide bonds. The van der Waals surface area contributed by atoms with E-state index in [2.05, 4.69) is 29.9 Å². The highest BCUT2D eigenvalue weighted by Crippen LogP contribution is 2.29. The van der Waals surface area contributed by atoms with Crippen molar-refractivity contribution in [3.05, 3.63) is 17.5 Å². The highest BCUT2D eigenvalue weighted by atomic mass is 79.9. The van der Waals surface area contributed by atoms with Gasteiger partial charge in [-0.1, -0.05) is 0 Å². The second-order valence-electron chi connectivity index (χ2n) is 3.32. The minimum Gasteiger partial charge on any atom is -0.216 e. The number of fused-ring (bicyclic) bond motifs is 1. The molecule has 18 heavy (non-hydrogen) atoms. The van der Waals surface area contributed by atoms with E-state index < -0.39 is 31.1 Å². The van der Waals surface area contributed by atoms with Crippen molar-refractivity contribution in [1.82, 2.24) is 19.6 Å². The largest absolute Gasteiger partial charge is 0.433 e. The third-order valence-electron chi connectivity index (χ3n) is 1.93. The molecule has 0 unspecified atom stereocenters. The summed E-state index contributed by atoms with van der Waals surface area (Å²) in [7, 11) is -3.98. The van der Waals surface area contributed by atoms with Crippen LogP contribution in [0.25, 0.3) is 5.78 Å². The fourth-order valence-corrected chi connectivity index (χ4v) is 2.05. The maximum absolute atomic E-state index is 12.7. The lowest BCUT2D eigenvalue weighted by Crippen LogP contribution is -2.14. The van der Waals surface area contributed by atoms with Crippen molar-refractivity contribution in [2.75, 3.05) is 0 Å². The molecule has 0 aliphatic rings. The van der Waals surface area contributed by atoms with E-state index in [1.54, 1.807) is 0 Å². The van der Waals surface area contributed by atoms with Crippen LogP contribution >= 0.6 is 14.8 Å². The minimum absolute atomic E-state index is 0.0562. The summed E-state index contributed by atoms with van der Waals surface area (Å²) in [6.45, 7) is 1.34. The molecule has 0 fully saturated rings. The molecule has 0 N–H and O–H groups in total. The molecule has 0 atom stereocenters. The van der Waals surface area contributed by atoms with Crippen LogP contribution in [0.4, 0.5) is 13.2 Å². The summed E-state index contributed by atoms with van der Waals surface area (Å²) in [6, 6.07) is 0.756. The van der Waals surface area contributed by atoms with Gasteiger partial charge in [-0.05, 0) is 13.0 Å². The maximum atomic E-state index is 12.7. The summed E-state index contributed by atoms with van der Waals surface area (Å²) < 4.78 is 60.8. The number of hydrogen-bond donors (Lipinski definition) is 0. The van der Waals surface area contributed by atoms with Crippen LogP contribution in [-0.4, -0.2) is 28.0 Å². The van der Waals surface area contributed by atoms with Crippen LogP contribution in [0, 0.1) is 6.92 Å². The molecule has 6 nitrogen and oxygen atoms in total. The van der Waals surface area contributed by atoms with Crippen LogP contribution in [-0.2, 0) is 14.4 Å². The predicted octanol–water partition coefficient (Wildman–Crippen LogP) is 1.54. The molecular formula is C7H4BrF3N4O2S. The Kier molecular flexibility index (Phi) is 2.85. The smallest absolute Gasteiger partial charge is 0.216 e. The average molecular weight is 345 g/mol. The molecule has 0 aromatic carbocycles. The predicted molar refractivity (Wildman–Crippen MR) is 56.6 cm³/mol. The lowest BCUT2D eigenvalue weighted by atomic mass is 10.3. The molecule has 11 heteroatoms. The van der Waals surface area contributed by atoms with Crippen LogP contribution < -0.4 is 0 Å². The number of rotatable bonds is 1. The van der Waals surface area contributed by atoms with E-state index in [1.165, 1.54) is 6.92 Å². The fourth-order valence-electron chi connectivity index (χ4n) is 1.27. The Labute approximate surface area is 106 Å². The van der Waals surface area contributed by atoms with Crippen molar-refractivity contribution >= 4 is 28.9 Å². The van der Waals surface area contributed by atoms with Crippen LogP contribution in [0.2, 0.25) is 0 Å². The van der Waals surface area contributed by atoms with Gasteiger partial charge >= 0.3 is 6.18 Å². The zero-order valence-corrected chi connectivity index (χ0v) is 11.0. The second kappa shape index (κ2) is 3.88. The zero-order valence-electron chi connectivity index (χ0n) is 8.60. The standard InChI is InChI=1S/C7H4BrF3N4O2S/c1-3-2-4(7(9,10)11)15-5(12-3)13-6(14-15)18(8,16)17/h2H,1H3. The van der Waals surface area contributed by atoms with Gasteiger partial charge in [0.05, 0.1) is 14.8 Å². The number of aromatic nitrogens is 4. The average Bonchev–Trinajstić information content (AvgIpc) is 2.57. The normalized spacial score (nSPS) is 13.2. The summed E-state index contributed by atoms with van der Waals surface area (Å²) in [5.74, 6) is -0.430. The molecule has 0 spiro atoms. The summed E-state index contributed by atoms with van der Waals surface area (Å²) in [5.41, 5.74) is -1.08. The van der Waals surface area contributed by atoms with Crippen molar-refractivity contribution in [3.8, 4) is 0 Å². The number of halogens is 4. The van der Waals surface area contributed by atoms with Crippen molar-refractivity contribution in [1.29, 1.82) is 0 Å². The van der Waals surface area contributed by atoms with Crippen molar-refractivity contribution in [3.63, 3.8) is 0 Å². The minimum atomic E-state index is -4.69. The summed E-state index contributed by atoms with van der Waals surface area (Å²) in [4.78, 5) is 7.11. The SMILES string of the molecule is Cc1cc(C(F)(F)F)n2nc(S(=O)(=O)Br)nc2n1. The highest BCUT2D eigenvalue weighted by molar-refractivity contribution is 9.47. The number of nitrogens with zero attached hydrogens (tertiary/aromatic N) is 4. The van der Waals surface area contributed by atoms with Gasteiger partial charge < -0.3 is 0 Å². The molecule has 0 bridgehead atoms. The van der Waals surface area contributed by atoms with Gasteiger partial charge in [-0.25, -0.2) is 13.4 Å². The molecule has 2 heterocycles. The summed E-state index contributed by atoms with van der Waals surface area (Å²) in [5, 5.41) is 2.51. The molecular weight excluding hydrogens is 341 g/mol. The lowest BCUT2D eigenvalue weighted by Gasteiger charge is -2.08. The van der Waals surface area contributed by atoms with Gasteiger partial charge in [0.25, 0.3) is 19.2 Å². The van der Waals surface area contributed by atoms with E-state index in [1.807, 2.05) is 0 Å². The Morgan fingerprint density at radius 1 is 1.33 bits per heavy atom. The molecule has 0 saturated carbocycles. The molecule has 0 aliphatic carbocycles. The van der Waals surface area contributed by atoms with E-state index in [9.17, 15) is 21.6 Å². The number of hydrogen-bond acceptors (Lipinski definition) is 5. The molecule has 98 valence electrons. The van der Waals surface area contributed by atoms with Crippen molar-refractivity contribution < 1.29 is 21.6 Å². The number of alkyl halides is 3. The van der Waals surface area contributed by atoms with Gasteiger partial charge in [0.15, 0.2) is 5.69 Å². The first-order valence-corrected chi connectivity index (χ1v) is 7.68. The van der Waals surface area contributed by atoms with Gasteiger partial charge in [-0.3, -0.25) is 0 Å². The second-order valence-corrected chi connectivity index (χ2v) is 7.12. The summed E-state index contributed by atoms with van der Waals surface area (Å²) in [6.07, 6.45) is -4.69. The first kappa shape index (κ1) is 13.2. The van der Waals surface area contributed by atoms with Gasteiger partial charge in [0, 0.05) is 5.69 Å². The van der Waals surface area contributed by atoms with Crippen LogP contribution in [0.1, 0.15) is 11.4 Å². The van der Waals surface area contributed by atoms with Gasteiger partial charge in [0.2, 0.25) is 0 Å². The van der Waals surface area contributed by atoms with E-state index in [-0.39, 0.29) is 5.69 Å². The third kappa shape index (κ3) is 2.32. The zero-order chi connectivity index (χ0) is 13.7. The van der Waals surface area contributed by atoms with E-state index >= 15 is 0 Å². The molecule has 0 radical (unpaired) electrons. The Hall–Kier alpha value is -1.23. The van der Waals surface area contributed by atoms with Gasteiger partial charge in [-0.15, -0.1) is 5.10 Å². The lowest BCUT2D eigenvalue weighted by molar-refractivity contribution is -0.142. The Bertz CT molecular complexity index is 724. The Morgan fingerprint density at radius 3 is 2.44 bits per heavy atom. The van der Waals surface area contributed by atoms with Crippen LogP contribution in [0.3, 0.4) is 0 Å². The third-order valence-corrected chi connectivity index (χ3v) is 3.41. The van der Waals surface area contributed by atoms with Crippen LogP contribution in [0.5, 0.6) is 0 Å². The van der Waals surface area contributed by atoms with Gasteiger partial charge in [0.1, 0.15) is 0 Å². The van der Waals surface area contributed by atoms with Gasteiger partial charge in [-0.2, -0.15) is 22.7 Å². The Balaban J connectivity index is 2.85. The fraction of sp³-hybridized carbons (Fsp3) is 0.286. The molecule has 2 aromatic rings. The first-order valence-electron chi connectivity index (χ1n) is 4.35. The van der Waals surface area contributed by atoms with Crippen LogP contribution in [0.15, 0.2) is 11.2 Å².